The summed E-state index contributed by atoms with van der Waals surface area (Å²) in [5, 5.41) is 3.40. The van der Waals surface area contributed by atoms with Crippen LogP contribution in [0.25, 0.3) is 0 Å². The highest BCUT2D eigenvalue weighted by Crippen LogP contribution is 2.41. The lowest BCUT2D eigenvalue weighted by Gasteiger charge is -2.33. The molecule has 3 nitrogen and oxygen atoms in total. The van der Waals surface area contributed by atoms with E-state index in [0.717, 1.165) is 45.4 Å². The fourth-order valence-electron chi connectivity index (χ4n) is 4.00. The van der Waals surface area contributed by atoms with Gasteiger partial charge in [0.05, 0.1) is 5.41 Å². The van der Waals surface area contributed by atoms with Crippen LogP contribution in [0, 0.1) is 10.8 Å². The van der Waals surface area contributed by atoms with Crippen molar-refractivity contribution in [2.24, 2.45) is 10.8 Å². The van der Waals surface area contributed by atoms with Gasteiger partial charge in [-0.15, -0.1) is 0 Å². The summed E-state index contributed by atoms with van der Waals surface area (Å²) in [6, 6.07) is 0. The van der Waals surface area contributed by atoms with Crippen molar-refractivity contribution >= 4 is 5.91 Å². The predicted octanol–water partition coefficient (Wildman–Crippen LogP) is 2.80. The van der Waals surface area contributed by atoms with Crippen molar-refractivity contribution in [1.29, 1.82) is 0 Å². The first-order valence-electron chi connectivity index (χ1n) is 8.11. The molecule has 2 heterocycles. The summed E-state index contributed by atoms with van der Waals surface area (Å²) < 4.78 is 0. The fraction of sp³-hybridized carbons (Fsp3) is 0.938. The minimum Gasteiger partial charge on any atom is -0.342 e. The van der Waals surface area contributed by atoms with Crippen molar-refractivity contribution < 1.29 is 4.79 Å². The van der Waals surface area contributed by atoms with Crippen molar-refractivity contribution in [3.8, 4) is 0 Å². The van der Waals surface area contributed by atoms with E-state index in [-0.39, 0.29) is 5.41 Å². The maximum atomic E-state index is 13.0. The minimum absolute atomic E-state index is 0.0910. The number of hydrogen-bond acceptors (Lipinski definition) is 2. The summed E-state index contributed by atoms with van der Waals surface area (Å²) in [4.78, 5) is 15.1. The number of nitrogens with zero attached hydrogens (tertiary/aromatic N) is 1. The first-order valence-corrected chi connectivity index (χ1v) is 8.11. The molecule has 0 bridgehead atoms. The van der Waals surface area contributed by atoms with Gasteiger partial charge in [-0.05, 0) is 44.1 Å². The molecule has 0 aromatic heterocycles. The summed E-state index contributed by atoms with van der Waals surface area (Å²) in [5.74, 6) is 0.433. The van der Waals surface area contributed by atoms with Gasteiger partial charge in [0.1, 0.15) is 0 Å². The van der Waals surface area contributed by atoms with E-state index in [9.17, 15) is 4.79 Å². The molecule has 0 aromatic carbocycles. The van der Waals surface area contributed by atoms with E-state index in [1.165, 1.54) is 19.3 Å². The molecule has 2 saturated heterocycles. The molecule has 110 valence electrons. The zero-order valence-corrected chi connectivity index (χ0v) is 12.9. The number of likely N-dealkylation sites (tertiary alicyclic amines) is 1. The van der Waals surface area contributed by atoms with Crippen LogP contribution in [0.1, 0.15) is 59.3 Å². The molecule has 1 N–H and O–H groups in total. The van der Waals surface area contributed by atoms with Crippen LogP contribution in [0.2, 0.25) is 0 Å². The lowest BCUT2D eigenvalue weighted by Crippen LogP contribution is -2.45. The normalized spacial score (nSPS) is 29.9. The van der Waals surface area contributed by atoms with Gasteiger partial charge in [0.2, 0.25) is 5.91 Å². The number of carbonyl (C=O) groups is 1. The quantitative estimate of drug-likeness (QED) is 0.830. The lowest BCUT2D eigenvalue weighted by molar-refractivity contribution is -0.141. The Morgan fingerprint density at radius 2 is 1.95 bits per heavy atom. The average molecular weight is 266 g/mol. The van der Waals surface area contributed by atoms with Gasteiger partial charge in [-0.1, -0.05) is 27.2 Å². The summed E-state index contributed by atoms with van der Waals surface area (Å²) in [5.41, 5.74) is 0.307. The molecule has 2 fully saturated rings. The van der Waals surface area contributed by atoms with E-state index in [1.54, 1.807) is 0 Å². The van der Waals surface area contributed by atoms with Crippen LogP contribution >= 0.6 is 0 Å². The molecule has 0 aromatic rings. The molecule has 2 rings (SSSR count). The molecular formula is C16H30N2O. The highest BCUT2D eigenvalue weighted by molar-refractivity contribution is 5.83. The lowest BCUT2D eigenvalue weighted by atomic mass is 9.80. The topological polar surface area (TPSA) is 32.3 Å². The largest absolute Gasteiger partial charge is 0.342 e. The Kier molecular flexibility index (Phi) is 4.54. The number of carbonyl (C=O) groups excluding carboxylic acids is 1. The minimum atomic E-state index is -0.0910. The Morgan fingerprint density at radius 3 is 2.42 bits per heavy atom. The van der Waals surface area contributed by atoms with Gasteiger partial charge < -0.3 is 10.2 Å². The monoisotopic (exact) mass is 266 g/mol. The number of amides is 1. The number of nitrogens with one attached hydrogen (secondary N) is 1. The molecule has 1 amide bonds. The van der Waals surface area contributed by atoms with Crippen LogP contribution < -0.4 is 5.32 Å². The molecular weight excluding hydrogens is 236 g/mol. The zero-order chi connectivity index (χ0) is 13.9. The predicted molar refractivity (Wildman–Crippen MR) is 79.0 cm³/mol. The van der Waals surface area contributed by atoms with Crippen LogP contribution in [-0.2, 0) is 4.79 Å². The molecule has 0 spiro atoms. The molecule has 1 unspecified atom stereocenters. The molecule has 19 heavy (non-hydrogen) atoms. The molecule has 1 atom stereocenters. The number of rotatable bonds is 5. The van der Waals surface area contributed by atoms with Crippen LogP contribution in [-0.4, -0.2) is 37.0 Å². The van der Waals surface area contributed by atoms with Gasteiger partial charge in [-0.25, -0.2) is 0 Å². The smallest absolute Gasteiger partial charge is 0.230 e. The summed E-state index contributed by atoms with van der Waals surface area (Å²) >= 11 is 0. The third kappa shape index (κ3) is 2.67. The van der Waals surface area contributed by atoms with E-state index in [4.69, 9.17) is 0 Å². The average Bonchev–Trinajstić information content (AvgIpc) is 3.06. The Hall–Kier alpha value is -0.570. The van der Waals surface area contributed by atoms with Gasteiger partial charge >= 0.3 is 0 Å². The maximum Gasteiger partial charge on any atom is 0.230 e. The van der Waals surface area contributed by atoms with E-state index in [0.29, 0.717) is 11.3 Å². The maximum absolute atomic E-state index is 13.0. The Bertz CT molecular complexity index is 317. The van der Waals surface area contributed by atoms with Gasteiger partial charge in [-0.3, -0.25) is 4.79 Å². The first kappa shape index (κ1) is 14.8. The van der Waals surface area contributed by atoms with Crippen molar-refractivity contribution in [3.63, 3.8) is 0 Å². The highest BCUT2D eigenvalue weighted by atomic mass is 16.2. The SMILES string of the molecule is CCCC1(C(=O)N2CCC(CC)(CC)C2)CCNC1. The third-order valence-corrected chi connectivity index (χ3v) is 5.65. The molecule has 2 aliphatic rings. The molecule has 3 heteroatoms. The second-order valence-corrected chi connectivity index (χ2v) is 6.64. The highest BCUT2D eigenvalue weighted by Gasteiger charge is 2.46. The van der Waals surface area contributed by atoms with Gasteiger partial charge in [-0.2, -0.15) is 0 Å². The molecule has 0 radical (unpaired) electrons. The summed E-state index contributed by atoms with van der Waals surface area (Å²) in [6.07, 6.45) is 6.77. The van der Waals surface area contributed by atoms with Crippen LogP contribution in [0.4, 0.5) is 0 Å². The summed E-state index contributed by atoms with van der Waals surface area (Å²) in [6.45, 7) is 10.6. The first-order chi connectivity index (χ1) is 9.11. The Balaban J connectivity index is 2.07. The van der Waals surface area contributed by atoms with Crippen LogP contribution in [0.5, 0.6) is 0 Å². The molecule has 0 aliphatic carbocycles. The Morgan fingerprint density at radius 1 is 1.21 bits per heavy atom. The zero-order valence-electron chi connectivity index (χ0n) is 12.9. The van der Waals surface area contributed by atoms with E-state index >= 15 is 0 Å². The fourth-order valence-corrected chi connectivity index (χ4v) is 4.00. The van der Waals surface area contributed by atoms with Gasteiger partial charge in [0.25, 0.3) is 0 Å². The van der Waals surface area contributed by atoms with Crippen molar-refractivity contribution in [2.45, 2.75) is 59.3 Å². The molecule has 2 aliphatic heterocycles. The Labute approximate surface area is 118 Å². The standard InChI is InChI=1S/C16H30N2O/c1-4-7-16(8-10-17-12-16)14(19)18-11-9-15(5-2,6-3)13-18/h17H,4-13H2,1-3H3. The third-order valence-electron chi connectivity index (χ3n) is 5.65. The second kappa shape index (κ2) is 5.82. The van der Waals surface area contributed by atoms with E-state index in [1.807, 2.05) is 0 Å². The van der Waals surface area contributed by atoms with E-state index < -0.39 is 0 Å². The molecule has 0 saturated carbocycles. The van der Waals surface area contributed by atoms with Crippen LogP contribution in [0.3, 0.4) is 0 Å². The van der Waals surface area contributed by atoms with Crippen molar-refractivity contribution in [1.82, 2.24) is 10.2 Å². The second-order valence-electron chi connectivity index (χ2n) is 6.64. The number of hydrogen-bond donors (Lipinski definition) is 1. The van der Waals surface area contributed by atoms with Crippen molar-refractivity contribution in [3.05, 3.63) is 0 Å². The van der Waals surface area contributed by atoms with E-state index in [2.05, 4.69) is 31.0 Å². The summed E-state index contributed by atoms with van der Waals surface area (Å²) in [7, 11) is 0. The van der Waals surface area contributed by atoms with Gasteiger partial charge in [0, 0.05) is 19.6 Å². The van der Waals surface area contributed by atoms with Crippen LogP contribution in [0.15, 0.2) is 0 Å². The van der Waals surface area contributed by atoms with Crippen molar-refractivity contribution in [2.75, 3.05) is 26.2 Å². The van der Waals surface area contributed by atoms with Gasteiger partial charge in [0.15, 0.2) is 0 Å².